The van der Waals surface area contributed by atoms with E-state index < -0.39 is 10.0 Å². The van der Waals surface area contributed by atoms with Gasteiger partial charge in [0.15, 0.2) is 17.0 Å². The summed E-state index contributed by atoms with van der Waals surface area (Å²) in [5.41, 5.74) is 3.00. The first-order valence-electron chi connectivity index (χ1n) is 11.4. The molecule has 10 heteroatoms. The van der Waals surface area contributed by atoms with E-state index in [1.807, 2.05) is 44.2 Å². The zero-order valence-corrected chi connectivity index (χ0v) is 20.0. The Morgan fingerprint density at radius 1 is 1.03 bits per heavy atom. The van der Waals surface area contributed by atoms with E-state index in [1.165, 1.54) is 0 Å². The standard InChI is InChI=1S/C24H27N7O2S/c1-17-8-6-7-15-31(17)34(32,33)21-13-11-20(12-14-21)27-23-22-24(26-18(2)25-23)30(29-28-22)16-19-9-4-3-5-10-19/h3-5,9-14,17H,6-8,15-16H2,1-2H3,(H,25,26,27)/t17-/m1/s1. The van der Waals surface area contributed by atoms with Crippen LogP contribution >= 0.6 is 0 Å². The summed E-state index contributed by atoms with van der Waals surface area (Å²) in [5, 5.41) is 11.8. The highest BCUT2D eigenvalue weighted by atomic mass is 32.2. The van der Waals surface area contributed by atoms with Crippen molar-refractivity contribution < 1.29 is 8.42 Å². The minimum Gasteiger partial charge on any atom is -0.338 e. The highest BCUT2D eigenvalue weighted by Crippen LogP contribution is 2.27. The van der Waals surface area contributed by atoms with Gasteiger partial charge in [-0.1, -0.05) is 42.0 Å². The number of aryl methyl sites for hydroxylation is 1. The van der Waals surface area contributed by atoms with E-state index in [2.05, 4.69) is 25.6 Å². The summed E-state index contributed by atoms with van der Waals surface area (Å²) in [6.45, 7) is 4.91. The topological polar surface area (TPSA) is 106 Å². The van der Waals surface area contributed by atoms with Crippen LogP contribution in [-0.2, 0) is 16.6 Å². The van der Waals surface area contributed by atoms with Crippen molar-refractivity contribution in [3.63, 3.8) is 0 Å². The van der Waals surface area contributed by atoms with Gasteiger partial charge in [0.2, 0.25) is 10.0 Å². The summed E-state index contributed by atoms with van der Waals surface area (Å²) in [6.07, 6.45) is 2.86. The number of benzene rings is 2. The Balaban J connectivity index is 1.40. The summed E-state index contributed by atoms with van der Waals surface area (Å²) < 4.78 is 29.6. The fourth-order valence-corrected chi connectivity index (χ4v) is 6.03. The minimum atomic E-state index is -3.51. The maximum atomic E-state index is 13.1. The van der Waals surface area contributed by atoms with Crippen molar-refractivity contribution in [2.75, 3.05) is 11.9 Å². The molecule has 5 rings (SSSR count). The Kier molecular flexibility index (Phi) is 6.01. The number of sulfonamides is 1. The maximum Gasteiger partial charge on any atom is 0.243 e. The monoisotopic (exact) mass is 477 g/mol. The molecule has 1 saturated heterocycles. The zero-order valence-electron chi connectivity index (χ0n) is 19.2. The third-order valence-electron chi connectivity index (χ3n) is 6.12. The van der Waals surface area contributed by atoms with Crippen LogP contribution in [-0.4, -0.2) is 50.3 Å². The van der Waals surface area contributed by atoms with Gasteiger partial charge in [-0.3, -0.25) is 0 Å². The number of aromatic nitrogens is 5. The van der Waals surface area contributed by atoms with Crippen LogP contribution in [0.3, 0.4) is 0 Å². The number of nitrogens with zero attached hydrogens (tertiary/aromatic N) is 6. The molecule has 4 aromatic rings. The summed E-state index contributed by atoms with van der Waals surface area (Å²) in [6, 6.07) is 16.8. The molecule has 0 radical (unpaired) electrons. The second-order valence-electron chi connectivity index (χ2n) is 8.63. The van der Waals surface area contributed by atoms with Gasteiger partial charge >= 0.3 is 0 Å². The smallest absolute Gasteiger partial charge is 0.243 e. The van der Waals surface area contributed by atoms with Gasteiger partial charge in [0, 0.05) is 18.3 Å². The van der Waals surface area contributed by atoms with Crippen molar-refractivity contribution in [1.82, 2.24) is 29.3 Å². The zero-order chi connectivity index (χ0) is 23.7. The number of piperidine rings is 1. The van der Waals surface area contributed by atoms with Crippen molar-refractivity contribution in [2.45, 2.75) is 50.6 Å². The normalized spacial score (nSPS) is 17.2. The molecule has 176 valence electrons. The second kappa shape index (κ2) is 9.11. The summed E-state index contributed by atoms with van der Waals surface area (Å²) in [7, 11) is -3.51. The highest BCUT2D eigenvalue weighted by molar-refractivity contribution is 7.89. The molecule has 0 bridgehead atoms. The molecule has 1 aliphatic rings. The van der Waals surface area contributed by atoms with E-state index >= 15 is 0 Å². The Bertz CT molecular complexity index is 1400. The molecule has 1 N–H and O–H groups in total. The van der Waals surface area contributed by atoms with E-state index in [0.717, 1.165) is 24.8 Å². The van der Waals surface area contributed by atoms with Crippen LogP contribution in [0.15, 0.2) is 59.5 Å². The Labute approximate surface area is 198 Å². The quantitative estimate of drug-likeness (QED) is 0.449. The first-order valence-corrected chi connectivity index (χ1v) is 12.9. The summed E-state index contributed by atoms with van der Waals surface area (Å²) in [5.74, 6) is 1.12. The molecule has 1 aliphatic heterocycles. The average molecular weight is 478 g/mol. The lowest BCUT2D eigenvalue weighted by Gasteiger charge is -2.32. The van der Waals surface area contributed by atoms with E-state index in [1.54, 1.807) is 33.3 Å². The molecule has 2 aromatic carbocycles. The van der Waals surface area contributed by atoms with Gasteiger partial charge in [-0.05, 0) is 56.5 Å². The number of hydrogen-bond acceptors (Lipinski definition) is 7. The average Bonchev–Trinajstić information content (AvgIpc) is 3.23. The molecule has 0 saturated carbocycles. The molecule has 9 nitrogen and oxygen atoms in total. The maximum absolute atomic E-state index is 13.1. The Morgan fingerprint density at radius 2 is 1.79 bits per heavy atom. The molecule has 1 atom stereocenters. The van der Waals surface area contributed by atoms with Crippen LogP contribution in [0, 0.1) is 6.92 Å². The molecule has 0 amide bonds. The Morgan fingerprint density at radius 3 is 2.53 bits per heavy atom. The summed E-state index contributed by atoms with van der Waals surface area (Å²) in [4.78, 5) is 9.34. The largest absolute Gasteiger partial charge is 0.338 e. The number of hydrogen-bond donors (Lipinski definition) is 1. The van der Waals surface area contributed by atoms with Crippen LogP contribution < -0.4 is 5.32 Å². The van der Waals surface area contributed by atoms with E-state index in [9.17, 15) is 8.42 Å². The van der Waals surface area contributed by atoms with Crippen LogP contribution in [0.25, 0.3) is 11.2 Å². The fourth-order valence-electron chi connectivity index (χ4n) is 4.33. The molecular weight excluding hydrogens is 450 g/mol. The first kappa shape index (κ1) is 22.4. The number of fused-ring (bicyclic) bond motifs is 1. The van der Waals surface area contributed by atoms with Crippen LogP contribution in [0.1, 0.15) is 37.6 Å². The van der Waals surface area contributed by atoms with Crippen molar-refractivity contribution in [3.8, 4) is 0 Å². The molecular formula is C24H27N7O2S. The van der Waals surface area contributed by atoms with Gasteiger partial charge in [0.1, 0.15) is 5.82 Å². The van der Waals surface area contributed by atoms with Crippen molar-refractivity contribution in [2.24, 2.45) is 0 Å². The molecule has 1 fully saturated rings. The van der Waals surface area contributed by atoms with E-state index in [4.69, 9.17) is 0 Å². The molecule has 0 unspecified atom stereocenters. The van der Waals surface area contributed by atoms with Gasteiger partial charge in [-0.25, -0.2) is 23.1 Å². The second-order valence-corrected chi connectivity index (χ2v) is 10.5. The molecule has 34 heavy (non-hydrogen) atoms. The summed E-state index contributed by atoms with van der Waals surface area (Å²) >= 11 is 0. The van der Waals surface area contributed by atoms with Crippen LogP contribution in [0.2, 0.25) is 0 Å². The van der Waals surface area contributed by atoms with Crippen molar-refractivity contribution in [3.05, 3.63) is 66.0 Å². The van der Waals surface area contributed by atoms with Crippen LogP contribution in [0.4, 0.5) is 11.5 Å². The van der Waals surface area contributed by atoms with Gasteiger partial charge in [0.05, 0.1) is 11.4 Å². The van der Waals surface area contributed by atoms with Gasteiger partial charge < -0.3 is 5.32 Å². The lowest BCUT2D eigenvalue weighted by molar-refractivity contribution is 0.268. The number of rotatable bonds is 6. The van der Waals surface area contributed by atoms with Crippen molar-refractivity contribution in [1.29, 1.82) is 0 Å². The fraction of sp³-hybridized carbons (Fsp3) is 0.333. The lowest BCUT2D eigenvalue weighted by Crippen LogP contribution is -2.41. The number of anilines is 2. The van der Waals surface area contributed by atoms with E-state index in [0.29, 0.717) is 46.5 Å². The first-order chi connectivity index (χ1) is 16.4. The van der Waals surface area contributed by atoms with Gasteiger partial charge in [-0.15, -0.1) is 5.10 Å². The van der Waals surface area contributed by atoms with E-state index in [-0.39, 0.29) is 6.04 Å². The number of nitrogens with one attached hydrogen (secondary N) is 1. The van der Waals surface area contributed by atoms with Gasteiger partial charge in [0.25, 0.3) is 0 Å². The molecule has 0 spiro atoms. The third-order valence-corrected chi connectivity index (χ3v) is 8.14. The molecule has 2 aromatic heterocycles. The lowest BCUT2D eigenvalue weighted by atomic mass is 10.1. The van der Waals surface area contributed by atoms with Gasteiger partial charge in [-0.2, -0.15) is 4.31 Å². The minimum absolute atomic E-state index is 0.0207. The molecule has 3 heterocycles. The predicted molar refractivity (Wildman–Crippen MR) is 130 cm³/mol. The third kappa shape index (κ3) is 4.38. The molecule has 0 aliphatic carbocycles. The highest BCUT2D eigenvalue weighted by Gasteiger charge is 2.30. The predicted octanol–water partition coefficient (Wildman–Crippen LogP) is 3.88. The SMILES string of the molecule is Cc1nc(Nc2ccc(S(=O)(=O)N3CCCC[C@H]3C)cc2)c2nnn(Cc3ccccc3)c2n1. The van der Waals surface area contributed by atoms with Crippen LogP contribution in [0.5, 0.6) is 0 Å². The van der Waals surface area contributed by atoms with Crippen molar-refractivity contribution >= 4 is 32.7 Å². The Hall–Kier alpha value is -3.37.